The maximum atomic E-state index is 13.5. The Bertz CT molecular complexity index is 1380. The van der Waals surface area contributed by atoms with Crippen molar-refractivity contribution in [3.63, 3.8) is 0 Å². The van der Waals surface area contributed by atoms with Gasteiger partial charge in [-0.2, -0.15) is 0 Å². The van der Waals surface area contributed by atoms with Gasteiger partial charge in [0.05, 0.1) is 35.6 Å². The van der Waals surface area contributed by atoms with Crippen LogP contribution in [0.3, 0.4) is 0 Å². The molecule has 1 aromatic heterocycles. The highest BCUT2D eigenvalue weighted by atomic mass is 32.1. The van der Waals surface area contributed by atoms with Gasteiger partial charge in [0.1, 0.15) is 5.75 Å². The molecule has 0 aliphatic carbocycles. The molecule has 32 heavy (non-hydrogen) atoms. The quantitative estimate of drug-likeness (QED) is 0.563. The molecule has 1 aliphatic heterocycles. The number of esters is 1. The Labute approximate surface area is 189 Å². The summed E-state index contributed by atoms with van der Waals surface area (Å²) < 4.78 is 13.0. The molecule has 0 unspecified atom stereocenters. The molecule has 7 heteroatoms. The van der Waals surface area contributed by atoms with Crippen molar-refractivity contribution in [1.82, 2.24) is 4.57 Å². The van der Waals surface area contributed by atoms with Gasteiger partial charge in [0.25, 0.3) is 5.56 Å². The van der Waals surface area contributed by atoms with E-state index in [1.165, 1.54) is 11.3 Å². The molecule has 4 rings (SSSR count). The first-order chi connectivity index (χ1) is 15.4. The van der Waals surface area contributed by atoms with Crippen molar-refractivity contribution in [2.45, 2.75) is 26.8 Å². The fourth-order valence-corrected chi connectivity index (χ4v) is 4.86. The summed E-state index contributed by atoms with van der Waals surface area (Å²) in [6, 6.07) is 14.7. The maximum Gasteiger partial charge on any atom is 0.338 e. The van der Waals surface area contributed by atoms with Crippen molar-refractivity contribution in [3.05, 3.63) is 96.2 Å². The molecule has 0 spiro atoms. The summed E-state index contributed by atoms with van der Waals surface area (Å²) in [4.78, 5) is 31.6. The van der Waals surface area contributed by atoms with Crippen LogP contribution in [0.5, 0.6) is 5.75 Å². The summed E-state index contributed by atoms with van der Waals surface area (Å²) in [6.07, 6.45) is 1.85. The van der Waals surface area contributed by atoms with E-state index in [9.17, 15) is 9.59 Å². The molecule has 0 saturated heterocycles. The van der Waals surface area contributed by atoms with E-state index in [4.69, 9.17) is 9.47 Å². The molecule has 2 aromatic carbocycles. The highest BCUT2D eigenvalue weighted by Crippen LogP contribution is 2.33. The van der Waals surface area contributed by atoms with Crippen molar-refractivity contribution in [1.29, 1.82) is 0 Å². The number of methoxy groups -OCH3 is 1. The van der Waals surface area contributed by atoms with Crippen LogP contribution in [0.15, 0.2) is 69.6 Å². The Morgan fingerprint density at radius 1 is 1.19 bits per heavy atom. The van der Waals surface area contributed by atoms with Gasteiger partial charge in [-0.3, -0.25) is 9.36 Å². The van der Waals surface area contributed by atoms with E-state index in [1.807, 2.05) is 61.5 Å². The third kappa shape index (κ3) is 3.91. The first-order valence-electron chi connectivity index (χ1n) is 10.3. The zero-order valence-corrected chi connectivity index (χ0v) is 19.2. The number of aryl methyl sites for hydroxylation is 1. The number of nitrogens with zero attached hydrogens (tertiary/aromatic N) is 2. The summed E-state index contributed by atoms with van der Waals surface area (Å²) in [5, 5.41) is 0. The smallest absolute Gasteiger partial charge is 0.338 e. The number of hydrogen-bond acceptors (Lipinski definition) is 6. The third-order valence-electron chi connectivity index (χ3n) is 5.36. The third-order valence-corrected chi connectivity index (χ3v) is 6.35. The summed E-state index contributed by atoms with van der Waals surface area (Å²) in [5.74, 6) is 0.211. The van der Waals surface area contributed by atoms with E-state index in [0.29, 0.717) is 26.4 Å². The number of benzene rings is 2. The molecule has 0 saturated carbocycles. The molecule has 6 nitrogen and oxygen atoms in total. The average Bonchev–Trinajstić information content (AvgIpc) is 3.08. The van der Waals surface area contributed by atoms with Crippen LogP contribution in [-0.4, -0.2) is 24.3 Å². The standard InChI is InChI=1S/C25H24N2O4S/c1-5-31-24(29)21-16(3)26-25-27(22(21)18-12-11-15(2)19(14-18)30-4)23(28)20(32-25)13-17-9-7-6-8-10-17/h6-14,22H,5H2,1-4H3/t22-/m0/s1. The van der Waals surface area contributed by atoms with E-state index in [-0.39, 0.29) is 12.2 Å². The van der Waals surface area contributed by atoms with Gasteiger partial charge in [-0.1, -0.05) is 53.8 Å². The Morgan fingerprint density at radius 2 is 1.94 bits per heavy atom. The number of hydrogen-bond donors (Lipinski definition) is 0. The minimum Gasteiger partial charge on any atom is -0.496 e. The first kappa shape index (κ1) is 21.8. The second kappa shape index (κ2) is 8.96. The lowest BCUT2D eigenvalue weighted by molar-refractivity contribution is -0.139. The van der Waals surface area contributed by atoms with Crippen LogP contribution in [0.2, 0.25) is 0 Å². The zero-order chi connectivity index (χ0) is 22.8. The number of rotatable bonds is 5. The summed E-state index contributed by atoms with van der Waals surface area (Å²) in [6.45, 7) is 5.71. The van der Waals surface area contributed by atoms with Crippen molar-refractivity contribution < 1.29 is 14.3 Å². The predicted octanol–water partition coefficient (Wildman–Crippen LogP) is 3.12. The van der Waals surface area contributed by atoms with E-state index >= 15 is 0 Å². The Kier molecular flexibility index (Phi) is 6.10. The summed E-state index contributed by atoms with van der Waals surface area (Å²) in [7, 11) is 1.60. The minimum absolute atomic E-state index is 0.198. The predicted molar refractivity (Wildman–Crippen MR) is 125 cm³/mol. The van der Waals surface area contributed by atoms with Crippen LogP contribution < -0.4 is 19.6 Å². The van der Waals surface area contributed by atoms with Gasteiger partial charge in [0, 0.05) is 0 Å². The average molecular weight is 449 g/mol. The van der Waals surface area contributed by atoms with E-state index < -0.39 is 12.0 Å². The van der Waals surface area contributed by atoms with Crippen molar-refractivity contribution in [2.24, 2.45) is 4.99 Å². The lowest BCUT2D eigenvalue weighted by atomic mass is 9.95. The number of fused-ring (bicyclic) bond motifs is 1. The molecule has 0 radical (unpaired) electrons. The number of carbonyl (C=O) groups is 1. The van der Waals surface area contributed by atoms with Crippen LogP contribution in [0.25, 0.3) is 6.08 Å². The minimum atomic E-state index is -0.655. The van der Waals surface area contributed by atoms with E-state index in [2.05, 4.69) is 4.99 Å². The van der Waals surface area contributed by atoms with Crippen LogP contribution in [0.4, 0.5) is 0 Å². The fraction of sp³-hybridized carbons (Fsp3) is 0.240. The van der Waals surface area contributed by atoms with Gasteiger partial charge >= 0.3 is 5.97 Å². The first-order valence-corrected chi connectivity index (χ1v) is 11.2. The van der Waals surface area contributed by atoms with Crippen molar-refractivity contribution in [2.75, 3.05) is 13.7 Å². The molecule has 3 aromatic rings. The number of thiazole rings is 1. The molecular weight excluding hydrogens is 424 g/mol. The van der Waals surface area contributed by atoms with Crippen molar-refractivity contribution >= 4 is 23.4 Å². The van der Waals surface area contributed by atoms with E-state index in [0.717, 1.165) is 16.7 Å². The monoisotopic (exact) mass is 448 g/mol. The Morgan fingerprint density at radius 3 is 2.62 bits per heavy atom. The second-order valence-corrected chi connectivity index (χ2v) is 8.45. The number of ether oxygens (including phenoxy) is 2. The lowest BCUT2D eigenvalue weighted by Crippen LogP contribution is -2.40. The molecule has 0 fully saturated rings. The highest BCUT2D eigenvalue weighted by Gasteiger charge is 2.33. The molecule has 0 N–H and O–H groups in total. The molecule has 0 bridgehead atoms. The largest absolute Gasteiger partial charge is 0.496 e. The molecular formula is C25H24N2O4S. The molecule has 0 amide bonds. The molecule has 164 valence electrons. The van der Waals surface area contributed by atoms with Gasteiger partial charge in [0.2, 0.25) is 0 Å². The summed E-state index contributed by atoms with van der Waals surface area (Å²) >= 11 is 1.31. The van der Waals surface area contributed by atoms with Crippen LogP contribution >= 0.6 is 11.3 Å². The lowest BCUT2D eigenvalue weighted by Gasteiger charge is -2.25. The fourth-order valence-electron chi connectivity index (χ4n) is 3.81. The second-order valence-electron chi connectivity index (χ2n) is 7.44. The van der Waals surface area contributed by atoms with Gasteiger partial charge in [-0.25, -0.2) is 9.79 Å². The normalized spacial score (nSPS) is 15.9. The Hall–Kier alpha value is -3.45. The van der Waals surface area contributed by atoms with Crippen LogP contribution in [0, 0.1) is 6.92 Å². The number of carbonyl (C=O) groups excluding carboxylic acids is 1. The SMILES string of the molecule is CCOC(=O)C1=C(C)N=c2sc(=Cc3ccccc3)c(=O)n2[C@H]1c1ccc(C)c(OC)c1. The zero-order valence-electron chi connectivity index (χ0n) is 18.4. The van der Waals surface area contributed by atoms with Gasteiger partial charge in [-0.05, 0) is 49.6 Å². The maximum absolute atomic E-state index is 13.5. The van der Waals surface area contributed by atoms with Crippen molar-refractivity contribution in [3.8, 4) is 5.75 Å². The van der Waals surface area contributed by atoms with Gasteiger partial charge in [-0.15, -0.1) is 0 Å². The molecule has 2 heterocycles. The Balaban J connectivity index is 1.98. The molecule has 1 aliphatic rings. The van der Waals surface area contributed by atoms with Gasteiger partial charge in [0.15, 0.2) is 4.80 Å². The number of aromatic nitrogens is 1. The van der Waals surface area contributed by atoms with Gasteiger partial charge < -0.3 is 9.47 Å². The van der Waals surface area contributed by atoms with E-state index in [1.54, 1.807) is 25.5 Å². The van der Waals surface area contributed by atoms with Crippen LogP contribution in [-0.2, 0) is 9.53 Å². The highest BCUT2D eigenvalue weighted by molar-refractivity contribution is 7.07. The topological polar surface area (TPSA) is 69.9 Å². The number of allylic oxidation sites excluding steroid dienone is 1. The van der Waals surface area contributed by atoms with Crippen LogP contribution in [0.1, 0.15) is 36.6 Å². The summed E-state index contributed by atoms with van der Waals surface area (Å²) in [5.41, 5.74) is 3.35. The molecule has 1 atom stereocenters.